The number of benzene rings is 1. The van der Waals surface area contributed by atoms with E-state index >= 15 is 0 Å². The van der Waals surface area contributed by atoms with Crippen molar-refractivity contribution in [2.45, 2.75) is 44.6 Å². The van der Waals surface area contributed by atoms with Crippen LogP contribution in [0, 0.1) is 0 Å². The highest BCUT2D eigenvalue weighted by molar-refractivity contribution is 5.89. The van der Waals surface area contributed by atoms with Crippen LogP contribution in [0.2, 0.25) is 0 Å². The van der Waals surface area contributed by atoms with Gasteiger partial charge < -0.3 is 14.8 Å². The van der Waals surface area contributed by atoms with E-state index in [0.717, 1.165) is 31.2 Å². The fourth-order valence-electron chi connectivity index (χ4n) is 2.79. The maximum atomic E-state index is 11.9. The lowest BCUT2D eigenvalue weighted by Crippen LogP contribution is -2.37. The van der Waals surface area contributed by atoms with Crippen LogP contribution in [0.4, 0.5) is 0 Å². The molecule has 1 aromatic carbocycles. The lowest BCUT2D eigenvalue weighted by Gasteiger charge is -2.15. The number of rotatable bonds is 6. The van der Waals surface area contributed by atoms with Crippen molar-refractivity contribution in [3.05, 3.63) is 35.9 Å². The number of hydrogen-bond donors (Lipinski definition) is 1. The van der Waals surface area contributed by atoms with Crippen LogP contribution in [0.25, 0.3) is 6.08 Å². The molecule has 0 aromatic heterocycles. The lowest BCUT2D eigenvalue weighted by molar-refractivity contribution is -0.144. The van der Waals surface area contributed by atoms with E-state index in [1.807, 2.05) is 24.3 Å². The second kappa shape index (κ2) is 9.75. The maximum Gasteiger partial charge on any atom is 0.331 e. The van der Waals surface area contributed by atoms with Crippen molar-refractivity contribution < 1.29 is 19.1 Å². The number of ether oxygens (including phenoxy) is 2. The number of carbonyl (C=O) groups excluding carboxylic acids is 2. The standard InChI is InChI=1S/C19H25NO4/c1-23-17-10-6-7-15(13-17)11-12-19(22)24-14-18(21)20-16-8-4-2-3-5-9-16/h6-7,10-13,16H,2-5,8-9,14H2,1H3,(H,20,21)/b12-11+. The summed E-state index contributed by atoms with van der Waals surface area (Å²) in [6.07, 6.45) is 9.72. The molecule has 130 valence electrons. The van der Waals surface area contributed by atoms with Gasteiger partial charge in [-0.05, 0) is 36.6 Å². The first-order valence-corrected chi connectivity index (χ1v) is 8.45. The van der Waals surface area contributed by atoms with Crippen molar-refractivity contribution in [3.63, 3.8) is 0 Å². The molecule has 0 heterocycles. The average Bonchev–Trinajstić information content (AvgIpc) is 2.87. The largest absolute Gasteiger partial charge is 0.497 e. The predicted molar refractivity (Wildman–Crippen MR) is 92.6 cm³/mol. The molecule has 0 radical (unpaired) electrons. The van der Waals surface area contributed by atoms with Gasteiger partial charge in [-0.3, -0.25) is 4.79 Å². The highest BCUT2D eigenvalue weighted by Crippen LogP contribution is 2.17. The predicted octanol–water partition coefficient (Wildman–Crippen LogP) is 3.09. The molecular weight excluding hydrogens is 306 g/mol. The Morgan fingerprint density at radius 3 is 2.67 bits per heavy atom. The number of hydrogen-bond acceptors (Lipinski definition) is 4. The van der Waals surface area contributed by atoms with E-state index in [0.29, 0.717) is 5.75 Å². The number of esters is 1. The molecule has 5 nitrogen and oxygen atoms in total. The summed E-state index contributed by atoms with van der Waals surface area (Å²) in [5, 5.41) is 2.95. The molecule has 2 rings (SSSR count). The quantitative estimate of drug-likeness (QED) is 0.494. The summed E-state index contributed by atoms with van der Waals surface area (Å²) in [7, 11) is 1.59. The number of carbonyl (C=O) groups is 2. The van der Waals surface area contributed by atoms with Gasteiger partial charge in [-0.15, -0.1) is 0 Å². The summed E-state index contributed by atoms with van der Waals surface area (Å²) in [5.41, 5.74) is 0.828. The lowest BCUT2D eigenvalue weighted by atomic mass is 10.1. The van der Waals surface area contributed by atoms with Crippen LogP contribution in [-0.2, 0) is 14.3 Å². The smallest absolute Gasteiger partial charge is 0.331 e. The van der Waals surface area contributed by atoms with E-state index in [1.54, 1.807) is 13.2 Å². The topological polar surface area (TPSA) is 64.6 Å². The molecular formula is C19H25NO4. The van der Waals surface area contributed by atoms with Gasteiger partial charge in [0, 0.05) is 12.1 Å². The molecule has 1 N–H and O–H groups in total. The van der Waals surface area contributed by atoms with Crippen LogP contribution < -0.4 is 10.1 Å². The van der Waals surface area contributed by atoms with Crippen LogP contribution in [0.5, 0.6) is 5.75 Å². The molecule has 0 unspecified atom stereocenters. The summed E-state index contributed by atoms with van der Waals surface area (Å²) in [6, 6.07) is 7.54. The van der Waals surface area contributed by atoms with Gasteiger partial charge in [0.15, 0.2) is 6.61 Å². The average molecular weight is 331 g/mol. The monoisotopic (exact) mass is 331 g/mol. The Hall–Kier alpha value is -2.30. The van der Waals surface area contributed by atoms with E-state index in [-0.39, 0.29) is 18.6 Å². The molecule has 1 aliphatic carbocycles. The van der Waals surface area contributed by atoms with E-state index in [4.69, 9.17) is 9.47 Å². The third-order valence-electron chi connectivity index (χ3n) is 4.07. The molecule has 0 spiro atoms. The molecule has 24 heavy (non-hydrogen) atoms. The van der Waals surface area contributed by atoms with Gasteiger partial charge in [-0.1, -0.05) is 37.8 Å². The van der Waals surface area contributed by atoms with Gasteiger partial charge in [0.25, 0.3) is 5.91 Å². The fraction of sp³-hybridized carbons (Fsp3) is 0.474. The summed E-state index contributed by atoms with van der Waals surface area (Å²) in [5.74, 6) is -0.0489. The van der Waals surface area contributed by atoms with E-state index in [1.165, 1.54) is 18.9 Å². The first-order valence-electron chi connectivity index (χ1n) is 8.45. The van der Waals surface area contributed by atoms with Crippen LogP contribution in [0.3, 0.4) is 0 Å². The molecule has 1 aromatic rings. The van der Waals surface area contributed by atoms with Gasteiger partial charge in [0.05, 0.1) is 7.11 Å². The SMILES string of the molecule is COc1cccc(/C=C/C(=O)OCC(=O)NC2CCCCCC2)c1. The minimum absolute atomic E-state index is 0.214. The Bertz CT molecular complexity index is 574. The number of methoxy groups -OCH3 is 1. The number of nitrogens with one attached hydrogen (secondary N) is 1. The summed E-state index contributed by atoms with van der Waals surface area (Å²) >= 11 is 0. The van der Waals surface area contributed by atoms with Gasteiger partial charge in [-0.2, -0.15) is 0 Å². The van der Waals surface area contributed by atoms with Crippen LogP contribution in [0.15, 0.2) is 30.3 Å². The highest BCUT2D eigenvalue weighted by Gasteiger charge is 2.15. The molecule has 0 atom stereocenters. The van der Waals surface area contributed by atoms with E-state index in [2.05, 4.69) is 5.32 Å². The maximum absolute atomic E-state index is 11.9. The third kappa shape index (κ3) is 6.44. The molecule has 0 bridgehead atoms. The Morgan fingerprint density at radius 1 is 1.21 bits per heavy atom. The zero-order valence-electron chi connectivity index (χ0n) is 14.1. The Kier molecular flexibility index (Phi) is 7.33. The van der Waals surface area contributed by atoms with E-state index in [9.17, 15) is 9.59 Å². The van der Waals surface area contributed by atoms with Crippen molar-refractivity contribution in [2.75, 3.05) is 13.7 Å². The fourth-order valence-corrected chi connectivity index (χ4v) is 2.79. The first-order chi connectivity index (χ1) is 11.7. The van der Waals surface area contributed by atoms with Gasteiger partial charge >= 0.3 is 5.97 Å². The zero-order chi connectivity index (χ0) is 17.2. The molecule has 0 aliphatic heterocycles. The second-order valence-electron chi connectivity index (χ2n) is 5.97. The molecule has 0 saturated heterocycles. The van der Waals surface area contributed by atoms with Gasteiger partial charge in [-0.25, -0.2) is 4.79 Å². The molecule has 1 saturated carbocycles. The Morgan fingerprint density at radius 2 is 1.96 bits per heavy atom. The summed E-state index contributed by atoms with van der Waals surface area (Å²) in [4.78, 5) is 23.6. The Balaban J connectivity index is 1.73. The second-order valence-corrected chi connectivity index (χ2v) is 5.97. The van der Waals surface area contributed by atoms with Crippen LogP contribution >= 0.6 is 0 Å². The van der Waals surface area contributed by atoms with Gasteiger partial charge in [0.2, 0.25) is 0 Å². The van der Waals surface area contributed by atoms with Crippen molar-refractivity contribution in [3.8, 4) is 5.75 Å². The summed E-state index contributed by atoms with van der Waals surface area (Å²) in [6.45, 7) is -0.238. The highest BCUT2D eigenvalue weighted by atomic mass is 16.5. The molecule has 1 fully saturated rings. The van der Waals surface area contributed by atoms with Gasteiger partial charge in [0.1, 0.15) is 5.75 Å². The van der Waals surface area contributed by atoms with Crippen molar-refractivity contribution in [2.24, 2.45) is 0 Å². The normalized spacial score (nSPS) is 15.7. The Labute approximate surface area is 143 Å². The zero-order valence-corrected chi connectivity index (χ0v) is 14.1. The molecule has 1 aliphatic rings. The minimum Gasteiger partial charge on any atom is -0.497 e. The first kappa shape index (κ1) is 18.0. The minimum atomic E-state index is -0.533. The van der Waals surface area contributed by atoms with Crippen LogP contribution in [0.1, 0.15) is 44.1 Å². The third-order valence-corrected chi connectivity index (χ3v) is 4.07. The van der Waals surface area contributed by atoms with Crippen molar-refractivity contribution >= 4 is 18.0 Å². The molecule has 1 amide bonds. The van der Waals surface area contributed by atoms with E-state index < -0.39 is 5.97 Å². The van der Waals surface area contributed by atoms with Crippen LogP contribution in [-0.4, -0.2) is 31.6 Å². The van der Waals surface area contributed by atoms with Crippen molar-refractivity contribution in [1.29, 1.82) is 0 Å². The molecule has 5 heteroatoms. The van der Waals surface area contributed by atoms with Crippen molar-refractivity contribution in [1.82, 2.24) is 5.32 Å². The summed E-state index contributed by atoms with van der Waals surface area (Å²) < 4.78 is 10.1. The number of amides is 1.